The number of oxazole rings is 1. The van der Waals surface area contributed by atoms with E-state index < -0.39 is 0 Å². The number of nitrogens with two attached hydrogens (primary N) is 1. The van der Waals surface area contributed by atoms with Crippen LogP contribution in [-0.2, 0) is 6.42 Å². The van der Waals surface area contributed by atoms with Gasteiger partial charge in [-0.2, -0.15) is 11.8 Å². The van der Waals surface area contributed by atoms with E-state index in [1.807, 2.05) is 24.5 Å². The molecular formula is C18H25N3O2S. The van der Waals surface area contributed by atoms with E-state index in [0.29, 0.717) is 18.1 Å². The highest BCUT2D eigenvalue weighted by atomic mass is 32.2. The summed E-state index contributed by atoms with van der Waals surface area (Å²) in [6.07, 6.45) is 7.18. The van der Waals surface area contributed by atoms with E-state index in [0.717, 1.165) is 31.4 Å². The van der Waals surface area contributed by atoms with Crippen molar-refractivity contribution in [3.63, 3.8) is 0 Å². The van der Waals surface area contributed by atoms with Crippen molar-refractivity contribution >= 4 is 17.7 Å². The Kier molecular flexibility index (Phi) is 7.85. The molecule has 2 aromatic rings. The van der Waals surface area contributed by atoms with E-state index in [-0.39, 0.29) is 11.9 Å². The Morgan fingerprint density at radius 1 is 1.33 bits per heavy atom. The molecule has 0 radical (unpaired) electrons. The summed E-state index contributed by atoms with van der Waals surface area (Å²) in [5, 5.41) is 2.87. The molecule has 1 atom stereocenters. The number of nitrogens with zero attached hydrogens (tertiary/aromatic N) is 1. The minimum absolute atomic E-state index is 0.207. The Morgan fingerprint density at radius 3 is 2.88 bits per heavy atom. The van der Waals surface area contributed by atoms with E-state index >= 15 is 0 Å². The van der Waals surface area contributed by atoms with Crippen LogP contribution in [0.2, 0.25) is 0 Å². The molecule has 0 aliphatic heterocycles. The maximum absolute atomic E-state index is 12.0. The highest BCUT2D eigenvalue weighted by Gasteiger charge is 2.16. The van der Waals surface area contributed by atoms with Crippen LogP contribution in [0, 0.1) is 0 Å². The third kappa shape index (κ3) is 6.02. The van der Waals surface area contributed by atoms with Crippen LogP contribution in [0.3, 0.4) is 0 Å². The van der Waals surface area contributed by atoms with Gasteiger partial charge in [-0.1, -0.05) is 30.3 Å². The van der Waals surface area contributed by atoms with Gasteiger partial charge in [-0.15, -0.1) is 0 Å². The molecule has 1 heterocycles. The molecule has 0 aliphatic rings. The fourth-order valence-corrected chi connectivity index (χ4v) is 2.81. The van der Waals surface area contributed by atoms with Crippen molar-refractivity contribution in [2.24, 2.45) is 5.73 Å². The summed E-state index contributed by atoms with van der Waals surface area (Å²) < 4.78 is 5.32. The Balaban J connectivity index is 1.68. The molecule has 2 rings (SSSR count). The molecule has 5 nitrogen and oxygen atoms in total. The second-order valence-electron chi connectivity index (χ2n) is 5.66. The van der Waals surface area contributed by atoms with Gasteiger partial charge in [-0.25, -0.2) is 4.98 Å². The number of thioether (sulfide) groups is 1. The van der Waals surface area contributed by atoms with Crippen molar-refractivity contribution in [1.82, 2.24) is 10.3 Å². The quantitative estimate of drug-likeness (QED) is 0.645. The van der Waals surface area contributed by atoms with Crippen LogP contribution in [0.1, 0.15) is 47.2 Å². The van der Waals surface area contributed by atoms with Gasteiger partial charge in [0, 0.05) is 6.54 Å². The van der Waals surface area contributed by atoms with Gasteiger partial charge in [0.15, 0.2) is 5.69 Å². The fraction of sp³-hybridized carbons (Fsp3) is 0.444. The zero-order chi connectivity index (χ0) is 17.2. The number of hydrogen-bond donors (Lipinski definition) is 2. The average Bonchev–Trinajstić information content (AvgIpc) is 3.10. The van der Waals surface area contributed by atoms with E-state index in [1.165, 1.54) is 11.8 Å². The lowest BCUT2D eigenvalue weighted by Crippen LogP contribution is -2.25. The number of nitrogens with one attached hydrogen (secondary N) is 1. The number of benzene rings is 1. The second-order valence-corrected chi connectivity index (χ2v) is 6.64. The molecule has 0 saturated carbocycles. The molecule has 0 saturated heterocycles. The van der Waals surface area contributed by atoms with Crippen molar-refractivity contribution in [2.75, 3.05) is 18.6 Å². The minimum Gasteiger partial charge on any atom is -0.446 e. The van der Waals surface area contributed by atoms with E-state index in [2.05, 4.69) is 22.4 Å². The molecule has 1 amide bonds. The van der Waals surface area contributed by atoms with Crippen molar-refractivity contribution < 1.29 is 9.21 Å². The lowest BCUT2D eigenvalue weighted by Gasteiger charge is -2.05. The van der Waals surface area contributed by atoms with Gasteiger partial charge in [-0.3, -0.25) is 4.79 Å². The summed E-state index contributed by atoms with van der Waals surface area (Å²) in [7, 11) is 0. The van der Waals surface area contributed by atoms with Crippen LogP contribution in [0.4, 0.5) is 0 Å². The first kappa shape index (κ1) is 18.5. The maximum atomic E-state index is 12.0. The van der Waals surface area contributed by atoms with Crippen molar-refractivity contribution in [3.8, 4) is 0 Å². The number of hydrogen-bond acceptors (Lipinski definition) is 5. The Bertz CT molecular complexity index is 616. The first-order chi connectivity index (χ1) is 11.7. The van der Waals surface area contributed by atoms with Gasteiger partial charge in [0.1, 0.15) is 6.26 Å². The van der Waals surface area contributed by atoms with Gasteiger partial charge in [0.2, 0.25) is 5.89 Å². The lowest BCUT2D eigenvalue weighted by molar-refractivity contribution is 0.0948. The Hall–Kier alpha value is -1.79. The number of aromatic nitrogens is 1. The van der Waals surface area contributed by atoms with E-state index in [1.54, 1.807) is 11.8 Å². The summed E-state index contributed by atoms with van der Waals surface area (Å²) in [5.41, 5.74) is 7.61. The van der Waals surface area contributed by atoms with Crippen LogP contribution >= 0.6 is 11.8 Å². The normalized spacial score (nSPS) is 12.1. The van der Waals surface area contributed by atoms with Crippen molar-refractivity contribution in [2.45, 2.75) is 31.7 Å². The summed E-state index contributed by atoms with van der Waals surface area (Å²) in [6, 6.07) is 10.1. The molecule has 130 valence electrons. The highest BCUT2D eigenvalue weighted by molar-refractivity contribution is 7.98. The molecule has 0 fully saturated rings. The van der Waals surface area contributed by atoms with Crippen LogP contribution in [0.15, 0.2) is 41.0 Å². The van der Waals surface area contributed by atoms with E-state index in [4.69, 9.17) is 10.2 Å². The first-order valence-electron chi connectivity index (χ1n) is 8.22. The van der Waals surface area contributed by atoms with Crippen LogP contribution in [0.25, 0.3) is 0 Å². The number of unbranched alkanes of at least 4 members (excludes halogenated alkanes) is 1. The molecule has 24 heavy (non-hydrogen) atoms. The number of carbonyl (C=O) groups excluding carboxylic acids is 1. The number of aryl methyl sites for hydroxylation is 1. The largest absolute Gasteiger partial charge is 0.446 e. The van der Waals surface area contributed by atoms with Crippen LogP contribution < -0.4 is 11.1 Å². The van der Waals surface area contributed by atoms with Gasteiger partial charge in [0.05, 0.1) is 6.04 Å². The molecular weight excluding hydrogens is 322 g/mol. The summed E-state index contributed by atoms with van der Waals surface area (Å²) in [5.74, 6) is 1.16. The van der Waals surface area contributed by atoms with Gasteiger partial charge < -0.3 is 15.5 Å². The topological polar surface area (TPSA) is 81.1 Å². The molecule has 0 aliphatic carbocycles. The second kappa shape index (κ2) is 10.2. The summed E-state index contributed by atoms with van der Waals surface area (Å²) in [4.78, 5) is 16.2. The van der Waals surface area contributed by atoms with Crippen molar-refractivity contribution in [1.29, 1.82) is 0 Å². The Labute approximate surface area is 147 Å². The van der Waals surface area contributed by atoms with Crippen LogP contribution in [0.5, 0.6) is 0 Å². The third-order valence-corrected chi connectivity index (χ3v) is 4.37. The predicted molar refractivity (Wildman–Crippen MR) is 98.1 cm³/mol. The third-order valence-electron chi connectivity index (χ3n) is 3.73. The Morgan fingerprint density at radius 2 is 2.12 bits per heavy atom. The van der Waals surface area contributed by atoms with Gasteiger partial charge >= 0.3 is 0 Å². The summed E-state index contributed by atoms with van der Waals surface area (Å²) >= 11 is 1.72. The minimum atomic E-state index is -0.259. The monoisotopic (exact) mass is 347 g/mol. The number of rotatable bonds is 10. The zero-order valence-electron chi connectivity index (χ0n) is 14.0. The van der Waals surface area contributed by atoms with Crippen molar-refractivity contribution in [3.05, 3.63) is 53.7 Å². The molecule has 1 aromatic heterocycles. The average molecular weight is 347 g/mol. The highest BCUT2D eigenvalue weighted by Crippen LogP contribution is 2.15. The molecule has 6 heteroatoms. The molecule has 0 bridgehead atoms. The predicted octanol–water partition coefficient (Wildman–Crippen LogP) is 3.18. The SMILES string of the molecule is CSCCC(N)c1nc(C(=O)NCCCCc2ccccc2)co1. The van der Waals surface area contributed by atoms with E-state index in [9.17, 15) is 4.79 Å². The smallest absolute Gasteiger partial charge is 0.273 e. The molecule has 1 unspecified atom stereocenters. The zero-order valence-corrected chi connectivity index (χ0v) is 14.8. The molecule has 0 spiro atoms. The standard InChI is InChI=1S/C18H25N3O2S/c1-24-12-10-15(19)18-21-16(13-23-18)17(22)20-11-6-5-9-14-7-3-2-4-8-14/h2-4,7-8,13,15H,5-6,9-12,19H2,1H3,(H,20,22). The van der Waals surface area contributed by atoms with Gasteiger partial charge in [-0.05, 0) is 43.3 Å². The molecule has 3 N–H and O–H groups in total. The van der Waals surface area contributed by atoms with Crippen LogP contribution in [-0.4, -0.2) is 29.4 Å². The first-order valence-corrected chi connectivity index (χ1v) is 9.62. The summed E-state index contributed by atoms with van der Waals surface area (Å²) in [6.45, 7) is 0.631. The molecule has 1 aromatic carbocycles. The number of amides is 1. The van der Waals surface area contributed by atoms with Gasteiger partial charge in [0.25, 0.3) is 5.91 Å². The number of carbonyl (C=O) groups is 1. The lowest BCUT2D eigenvalue weighted by atomic mass is 10.1. The fourth-order valence-electron chi connectivity index (χ4n) is 2.32. The maximum Gasteiger partial charge on any atom is 0.273 e.